The van der Waals surface area contributed by atoms with Crippen molar-refractivity contribution in [3.05, 3.63) is 46.5 Å². The molecule has 0 spiro atoms. The molecule has 4 heterocycles. The molecular weight excluding hydrogens is 412 g/mol. The topological polar surface area (TPSA) is 116 Å². The molecule has 8 nitrogen and oxygen atoms in total. The van der Waals surface area contributed by atoms with Crippen LogP contribution < -0.4 is 10.6 Å². The van der Waals surface area contributed by atoms with E-state index < -0.39 is 6.23 Å². The molecule has 1 amide bonds. The average molecular weight is 435 g/mol. The van der Waals surface area contributed by atoms with Crippen molar-refractivity contribution in [1.82, 2.24) is 25.3 Å². The molecule has 0 aromatic carbocycles. The fraction of sp³-hybridized carbons (Fsp3) is 0.273. The number of nitrogens with one attached hydrogen (secondary N) is 3. The highest BCUT2D eigenvalue weighted by molar-refractivity contribution is 7.09. The predicted octanol–water partition coefficient (Wildman–Crippen LogP) is 3.62. The molecule has 9 heteroatoms. The molecule has 0 bridgehead atoms. The van der Waals surface area contributed by atoms with Crippen LogP contribution in [-0.2, 0) is 4.79 Å². The van der Waals surface area contributed by atoms with Gasteiger partial charge in [0.1, 0.15) is 6.23 Å². The van der Waals surface area contributed by atoms with Gasteiger partial charge in [0, 0.05) is 40.2 Å². The molecule has 1 fully saturated rings. The molecule has 1 aliphatic rings. The average Bonchev–Trinajstić information content (AvgIpc) is 3.39. The number of hydrogen-bond donors (Lipinski definition) is 4. The molecule has 0 aliphatic heterocycles. The highest BCUT2D eigenvalue weighted by atomic mass is 32.1. The largest absolute Gasteiger partial charge is 0.374 e. The number of fused-ring (bicyclic) bond motifs is 1. The number of hydrogen-bond acceptors (Lipinski definition) is 7. The van der Waals surface area contributed by atoms with E-state index in [2.05, 4.69) is 30.6 Å². The van der Waals surface area contributed by atoms with E-state index in [-0.39, 0.29) is 11.8 Å². The molecule has 5 rings (SSSR count). The molecule has 4 aromatic rings. The van der Waals surface area contributed by atoms with Crippen LogP contribution in [0, 0.1) is 12.8 Å². The van der Waals surface area contributed by atoms with Crippen LogP contribution in [0.2, 0.25) is 0 Å². The second-order valence-electron chi connectivity index (χ2n) is 7.67. The second kappa shape index (κ2) is 7.84. The SMILES string of the molecule is CNC(O)c1cnc(NC(=O)C2CC2)c2[nH]c(-c3cc(-c4csc(C)n4)ccn3)cc12. The lowest BCUT2D eigenvalue weighted by Crippen LogP contribution is -2.17. The molecule has 1 saturated carbocycles. The monoisotopic (exact) mass is 434 g/mol. The maximum atomic E-state index is 12.3. The summed E-state index contributed by atoms with van der Waals surface area (Å²) in [6.07, 6.45) is 4.28. The number of rotatable bonds is 6. The van der Waals surface area contributed by atoms with Crippen LogP contribution in [0.3, 0.4) is 0 Å². The lowest BCUT2D eigenvalue weighted by atomic mass is 10.1. The minimum Gasteiger partial charge on any atom is -0.374 e. The Morgan fingerprint density at radius 3 is 2.84 bits per heavy atom. The van der Waals surface area contributed by atoms with Gasteiger partial charge in [-0.05, 0) is 45.0 Å². The Kier molecular flexibility index (Phi) is 5.01. The summed E-state index contributed by atoms with van der Waals surface area (Å²) < 4.78 is 0. The molecule has 0 saturated heterocycles. The number of aromatic nitrogens is 4. The summed E-state index contributed by atoms with van der Waals surface area (Å²) in [4.78, 5) is 29.2. The zero-order chi connectivity index (χ0) is 21.5. The van der Waals surface area contributed by atoms with Gasteiger partial charge in [-0.2, -0.15) is 0 Å². The number of carbonyl (C=O) groups is 1. The van der Waals surface area contributed by atoms with E-state index >= 15 is 0 Å². The van der Waals surface area contributed by atoms with Crippen LogP contribution in [0.4, 0.5) is 5.82 Å². The standard InChI is InChI=1S/C22H22N6O2S/c1-11-26-18(10-31-11)13-5-6-24-16(7-13)17-8-14-15(22(30)23-2)9-25-20(19(14)27-17)28-21(29)12-3-4-12/h5-10,12,22-23,27,30H,3-4H2,1-2H3,(H,25,28,29). The molecule has 1 unspecified atom stereocenters. The summed E-state index contributed by atoms with van der Waals surface area (Å²) in [6.45, 7) is 1.98. The summed E-state index contributed by atoms with van der Waals surface area (Å²) in [7, 11) is 1.67. The van der Waals surface area contributed by atoms with Crippen molar-refractivity contribution < 1.29 is 9.90 Å². The van der Waals surface area contributed by atoms with E-state index in [0.717, 1.165) is 45.9 Å². The van der Waals surface area contributed by atoms with Gasteiger partial charge in [-0.1, -0.05) is 0 Å². The normalized spacial score (nSPS) is 14.7. The van der Waals surface area contributed by atoms with Crippen molar-refractivity contribution in [2.24, 2.45) is 5.92 Å². The number of aromatic amines is 1. The van der Waals surface area contributed by atoms with Crippen molar-refractivity contribution in [2.45, 2.75) is 26.0 Å². The maximum Gasteiger partial charge on any atom is 0.228 e. The van der Waals surface area contributed by atoms with Gasteiger partial charge in [-0.25, -0.2) is 9.97 Å². The van der Waals surface area contributed by atoms with Crippen molar-refractivity contribution in [2.75, 3.05) is 12.4 Å². The number of thiazole rings is 1. The minimum atomic E-state index is -0.885. The molecule has 158 valence electrons. The van der Waals surface area contributed by atoms with Gasteiger partial charge in [0.05, 0.1) is 27.6 Å². The number of H-pyrrole nitrogens is 1. The number of pyridine rings is 2. The van der Waals surface area contributed by atoms with E-state index in [4.69, 9.17) is 0 Å². The Bertz CT molecular complexity index is 1280. The molecule has 4 N–H and O–H groups in total. The quantitative estimate of drug-likeness (QED) is 0.345. The van der Waals surface area contributed by atoms with E-state index in [9.17, 15) is 9.90 Å². The van der Waals surface area contributed by atoms with E-state index in [1.54, 1.807) is 30.8 Å². The first kappa shape index (κ1) is 19.8. The summed E-state index contributed by atoms with van der Waals surface area (Å²) in [5.74, 6) is 0.496. The van der Waals surface area contributed by atoms with Crippen LogP contribution in [0.5, 0.6) is 0 Å². The van der Waals surface area contributed by atoms with Gasteiger partial charge in [0.2, 0.25) is 5.91 Å². The molecule has 1 atom stereocenters. The number of amides is 1. The van der Waals surface area contributed by atoms with Gasteiger partial charge in [-0.3, -0.25) is 15.1 Å². The summed E-state index contributed by atoms with van der Waals surface area (Å²) in [5, 5.41) is 20.0. The van der Waals surface area contributed by atoms with Gasteiger partial charge in [0.15, 0.2) is 5.82 Å². The maximum absolute atomic E-state index is 12.3. The highest BCUT2D eigenvalue weighted by Crippen LogP contribution is 2.35. The van der Waals surface area contributed by atoms with Crippen LogP contribution in [0.25, 0.3) is 33.5 Å². The Hall–Kier alpha value is -3.14. The molecule has 0 radical (unpaired) electrons. The van der Waals surface area contributed by atoms with Gasteiger partial charge >= 0.3 is 0 Å². The van der Waals surface area contributed by atoms with E-state index in [1.165, 1.54) is 0 Å². The van der Waals surface area contributed by atoms with Crippen molar-refractivity contribution in [1.29, 1.82) is 0 Å². The first-order valence-corrected chi connectivity index (χ1v) is 11.0. The lowest BCUT2D eigenvalue weighted by Gasteiger charge is -2.12. The van der Waals surface area contributed by atoms with E-state index in [0.29, 0.717) is 16.9 Å². The van der Waals surface area contributed by atoms with Crippen LogP contribution >= 0.6 is 11.3 Å². The van der Waals surface area contributed by atoms with Gasteiger partial charge in [0.25, 0.3) is 0 Å². The summed E-state index contributed by atoms with van der Waals surface area (Å²) in [5.41, 5.74) is 4.67. The number of nitrogens with zero attached hydrogens (tertiary/aromatic N) is 3. The zero-order valence-electron chi connectivity index (χ0n) is 17.1. The number of carbonyl (C=O) groups excluding carboxylic acids is 1. The molecular formula is C22H22N6O2S. The number of anilines is 1. The van der Waals surface area contributed by atoms with Gasteiger partial charge in [-0.15, -0.1) is 11.3 Å². The van der Waals surface area contributed by atoms with E-state index in [1.807, 2.05) is 30.5 Å². The predicted molar refractivity (Wildman–Crippen MR) is 121 cm³/mol. The fourth-order valence-corrected chi connectivity index (χ4v) is 4.16. The third kappa shape index (κ3) is 3.83. The van der Waals surface area contributed by atoms with Crippen molar-refractivity contribution >= 4 is 34.0 Å². The molecule has 31 heavy (non-hydrogen) atoms. The zero-order valence-corrected chi connectivity index (χ0v) is 18.0. The smallest absolute Gasteiger partial charge is 0.228 e. The Morgan fingerprint density at radius 2 is 2.13 bits per heavy atom. The molecule has 4 aromatic heterocycles. The highest BCUT2D eigenvalue weighted by Gasteiger charge is 2.30. The number of aryl methyl sites for hydroxylation is 1. The Balaban J connectivity index is 1.60. The van der Waals surface area contributed by atoms with Crippen LogP contribution in [0.1, 0.15) is 29.6 Å². The Labute approximate surface area is 182 Å². The molecule has 1 aliphatic carbocycles. The fourth-order valence-electron chi connectivity index (χ4n) is 3.54. The second-order valence-corrected chi connectivity index (χ2v) is 8.73. The van der Waals surface area contributed by atoms with Crippen molar-refractivity contribution in [3.63, 3.8) is 0 Å². The lowest BCUT2D eigenvalue weighted by molar-refractivity contribution is -0.117. The van der Waals surface area contributed by atoms with Crippen LogP contribution in [-0.4, -0.2) is 38.0 Å². The minimum absolute atomic E-state index is 0.0223. The van der Waals surface area contributed by atoms with Crippen molar-refractivity contribution in [3.8, 4) is 22.6 Å². The number of aliphatic hydroxyl groups excluding tert-OH is 1. The van der Waals surface area contributed by atoms with Crippen LogP contribution in [0.15, 0.2) is 36.0 Å². The third-order valence-electron chi connectivity index (χ3n) is 5.41. The first-order valence-electron chi connectivity index (χ1n) is 10.1. The van der Waals surface area contributed by atoms with Gasteiger partial charge < -0.3 is 15.4 Å². The summed E-state index contributed by atoms with van der Waals surface area (Å²) in [6, 6.07) is 5.83. The first-order chi connectivity index (χ1) is 15.0. The number of aliphatic hydroxyl groups is 1. The summed E-state index contributed by atoms with van der Waals surface area (Å²) >= 11 is 1.60. The Morgan fingerprint density at radius 1 is 1.29 bits per heavy atom. The third-order valence-corrected chi connectivity index (χ3v) is 6.18.